The fourth-order valence-corrected chi connectivity index (χ4v) is 12.1. The summed E-state index contributed by atoms with van der Waals surface area (Å²) in [5.74, 6) is -1.59. The largest absolute Gasteiger partial charge is 0.472 e. The van der Waals surface area contributed by atoms with E-state index in [1.54, 1.807) is 0 Å². The van der Waals surface area contributed by atoms with Crippen LogP contribution in [0.3, 0.4) is 0 Å². The summed E-state index contributed by atoms with van der Waals surface area (Å²) in [6.07, 6.45) is 89.8. The number of hydrogen-bond donors (Lipinski definition) is 4. The highest BCUT2D eigenvalue weighted by Crippen LogP contribution is 2.45. The molecule has 0 aromatic carbocycles. The fourth-order valence-electron chi connectivity index (χ4n) is 10.6. The molecule has 0 amide bonds. The molecule has 5 unspecified atom stereocenters. The van der Waals surface area contributed by atoms with Crippen LogP contribution in [-0.2, 0) is 55.8 Å². The zero-order valence-corrected chi connectivity index (χ0v) is 65.3. The van der Waals surface area contributed by atoms with E-state index in [1.807, 2.05) is 0 Å². The number of aliphatic hydroxyl groups is 2. The van der Waals surface area contributed by atoms with E-state index < -0.39 is 91.5 Å². The summed E-state index contributed by atoms with van der Waals surface area (Å²) in [4.78, 5) is 58.5. The van der Waals surface area contributed by atoms with E-state index in [0.717, 1.165) is 154 Å². The van der Waals surface area contributed by atoms with Gasteiger partial charge in [-0.15, -0.1) is 0 Å². The molecule has 5 atom stereocenters. The van der Waals surface area contributed by atoms with E-state index in [4.69, 9.17) is 32.3 Å². The second-order valence-corrected chi connectivity index (χ2v) is 29.4. The Morgan fingerprint density at radius 1 is 0.287 bits per heavy atom. The predicted octanol–water partition coefficient (Wildman–Crippen LogP) is 23.3. The molecule has 101 heavy (non-hydrogen) atoms. The molecule has 4 N–H and O–H groups in total. The molecule has 16 nitrogen and oxygen atoms in total. The van der Waals surface area contributed by atoms with Crippen molar-refractivity contribution in [2.75, 3.05) is 39.6 Å². The van der Waals surface area contributed by atoms with Crippen LogP contribution in [0.25, 0.3) is 0 Å². The SMILES string of the molecule is CC/C=C\C/C=C\C/C=C\C/C=C\C/C=C\CCCCCCCCCCCCCCCCCC(=O)OCC(O)COP(=O)(O)OCC(O)COP(=O)(O)OCC(COC(=O)CCCCCCCCC/C=C\C/C=C\C/C=C\C/C=C\CCCCC)OC(=O)CCCCCCC/C=C\CCCC. The lowest BCUT2D eigenvalue weighted by atomic mass is 10.0. The number of phosphoric ester groups is 2. The second-order valence-electron chi connectivity index (χ2n) is 26.5. The minimum atomic E-state index is -4.93. The summed E-state index contributed by atoms with van der Waals surface area (Å²) in [5.41, 5.74) is 0. The number of unbranched alkanes of at least 4 members (excludes halogenated alkanes) is 32. The molecule has 0 aliphatic carbocycles. The van der Waals surface area contributed by atoms with Crippen LogP contribution in [0.5, 0.6) is 0 Å². The van der Waals surface area contributed by atoms with E-state index in [0.29, 0.717) is 19.3 Å². The third kappa shape index (κ3) is 76.9. The van der Waals surface area contributed by atoms with Crippen molar-refractivity contribution < 1.29 is 75.8 Å². The van der Waals surface area contributed by atoms with Gasteiger partial charge in [0.1, 0.15) is 25.4 Å². The lowest BCUT2D eigenvalue weighted by Crippen LogP contribution is -2.30. The van der Waals surface area contributed by atoms with Gasteiger partial charge in [-0.2, -0.15) is 0 Å². The fraction of sp³-hybridized carbons (Fsp3) is 0.723. The van der Waals surface area contributed by atoms with Crippen LogP contribution >= 0.6 is 15.6 Å². The van der Waals surface area contributed by atoms with E-state index in [9.17, 15) is 43.5 Å². The smallest absolute Gasteiger partial charge is 0.463 e. The van der Waals surface area contributed by atoms with Gasteiger partial charge >= 0.3 is 33.6 Å². The Bertz CT molecular complexity index is 2320. The Balaban J connectivity index is 4.41. The monoisotopic (exact) mass is 1460 g/mol. The van der Waals surface area contributed by atoms with Crippen molar-refractivity contribution in [3.8, 4) is 0 Å². The summed E-state index contributed by atoms with van der Waals surface area (Å²) in [7, 11) is -9.79. The van der Waals surface area contributed by atoms with Gasteiger partial charge in [-0.3, -0.25) is 32.5 Å². The zero-order chi connectivity index (χ0) is 73.7. The van der Waals surface area contributed by atoms with Gasteiger partial charge in [-0.1, -0.05) is 303 Å². The van der Waals surface area contributed by atoms with Gasteiger partial charge in [0, 0.05) is 19.3 Å². The van der Waals surface area contributed by atoms with Gasteiger partial charge < -0.3 is 34.2 Å². The molecule has 0 heterocycles. The van der Waals surface area contributed by atoms with Crippen LogP contribution in [0, 0.1) is 0 Å². The minimum absolute atomic E-state index is 0.0906. The molecule has 0 aliphatic rings. The quantitative estimate of drug-likeness (QED) is 0.0146. The maximum atomic E-state index is 12.9. The van der Waals surface area contributed by atoms with Crippen molar-refractivity contribution in [3.63, 3.8) is 0 Å². The zero-order valence-electron chi connectivity index (χ0n) is 63.5. The molecule has 582 valence electrons. The average molecular weight is 1460 g/mol. The number of phosphoric acid groups is 2. The third-order valence-corrected chi connectivity index (χ3v) is 18.5. The Morgan fingerprint density at radius 3 is 0.871 bits per heavy atom. The first-order chi connectivity index (χ1) is 49.2. The first-order valence-electron chi connectivity index (χ1n) is 39.8. The molecule has 18 heteroatoms. The Morgan fingerprint density at radius 2 is 0.535 bits per heavy atom. The van der Waals surface area contributed by atoms with Gasteiger partial charge in [0.25, 0.3) is 0 Å². The summed E-state index contributed by atoms with van der Waals surface area (Å²) in [5, 5.41) is 20.6. The molecule has 0 radical (unpaired) electrons. The predicted molar refractivity (Wildman–Crippen MR) is 417 cm³/mol. The summed E-state index contributed by atoms with van der Waals surface area (Å²) >= 11 is 0. The molecule has 0 fully saturated rings. The summed E-state index contributed by atoms with van der Waals surface area (Å²) in [6, 6.07) is 0. The highest BCUT2D eigenvalue weighted by atomic mass is 31.2. The maximum Gasteiger partial charge on any atom is 0.472 e. The summed E-state index contributed by atoms with van der Waals surface area (Å²) in [6.45, 7) is 2.49. The van der Waals surface area contributed by atoms with Gasteiger partial charge in [0.05, 0.1) is 26.4 Å². The second kappa shape index (κ2) is 75.6. The van der Waals surface area contributed by atoms with Gasteiger partial charge in [0.15, 0.2) is 6.10 Å². The molecule has 0 saturated heterocycles. The molecule has 0 saturated carbocycles. The molecular formula is C83H144O16P2. The van der Waals surface area contributed by atoms with E-state index in [-0.39, 0.29) is 19.3 Å². The van der Waals surface area contributed by atoms with Crippen molar-refractivity contribution in [1.29, 1.82) is 0 Å². The number of esters is 3. The number of hydrogen-bond acceptors (Lipinski definition) is 14. The maximum absolute atomic E-state index is 12.9. The number of ether oxygens (including phenoxy) is 3. The minimum Gasteiger partial charge on any atom is -0.463 e. The molecule has 0 bridgehead atoms. The van der Waals surface area contributed by atoms with Gasteiger partial charge in [-0.05, 0) is 128 Å². The Hall–Kier alpha value is -4.05. The van der Waals surface area contributed by atoms with E-state index in [2.05, 4.69) is 142 Å². The molecule has 0 spiro atoms. The molecule has 0 aromatic heterocycles. The normalized spacial score (nSPS) is 14.6. The van der Waals surface area contributed by atoms with Crippen LogP contribution in [0.1, 0.15) is 329 Å². The average Bonchev–Trinajstić information content (AvgIpc) is 0.947. The van der Waals surface area contributed by atoms with Crippen LogP contribution < -0.4 is 0 Å². The van der Waals surface area contributed by atoms with Crippen molar-refractivity contribution in [3.05, 3.63) is 122 Å². The Labute approximate surface area is 614 Å². The highest BCUT2D eigenvalue weighted by molar-refractivity contribution is 7.47. The van der Waals surface area contributed by atoms with Crippen molar-refractivity contribution in [2.45, 2.75) is 347 Å². The number of aliphatic hydroxyl groups excluding tert-OH is 2. The summed E-state index contributed by atoms with van der Waals surface area (Å²) < 4.78 is 61.0. The number of allylic oxidation sites excluding steroid dienone is 20. The number of carbonyl (C=O) groups excluding carboxylic acids is 3. The molecule has 0 rings (SSSR count). The van der Waals surface area contributed by atoms with Crippen LogP contribution in [-0.4, -0.2) is 95.9 Å². The van der Waals surface area contributed by atoms with E-state index in [1.165, 1.54) is 116 Å². The van der Waals surface area contributed by atoms with E-state index >= 15 is 0 Å². The first-order valence-corrected chi connectivity index (χ1v) is 42.8. The highest BCUT2D eigenvalue weighted by Gasteiger charge is 2.29. The van der Waals surface area contributed by atoms with Crippen molar-refractivity contribution >= 4 is 33.6 Å². The molecule has 0 aliphatic heterocycles. The molecule has 0 aromatic rings. The topological polar surface area (TPSA) is 231 Å². The van der Waals surface area contributed by atoms with Crippen molar-refractivity contribution in [1.82, 2.24) is 0 Å². The first kappa shape index (κ1) is 97.0. The number of carbonyl (C=O) groups is 3. The lowest BCUT2D eigenvalue weighted by molar-refractivity contribution is -0.161. The van der Waals surface area contributed by atoms with Crippen molar-refractivity contribution in [2.24, 2.45) is 0 Å². The van der Waals surface area contributed by atoms with Crippen LogP contribution in [0.15, 0.2) is 122 Å². The standard InChI is InChI=1S/C83H144O16P2/c1-4-7-10-13-16-19-22-24-26-28-30-32-34-35-36-37-38-39-40-41-43-45-46-48-50-52-55-57-60-63-66-69-81(86)93-72-78(84)73-95-100(89,90)96-74-79(85)75-97-101(91,92)98-77-80(99-83(88)71-68-65-62-59-54-21-18-15-12-9-6-3)76-94-82(87)70-67-64-61-58-56-53-51-49-47-44-42-33-31-29-27-25-23-20-17-14-11-8-5-2/h7,10,15-20,24-27,30-33,35-36,44,47,78-80,84-85H,4-6,8-9,11-14,21-23,28-29,34,37-43,45-46,48-77H2,1-3H3,(H,89,90)(H,91,92)/b10-7-,18-15-,19-16-,20-17-,26-24-,27-25-,32-30-,33-31-,36-35-,47-44-. The lowest BCUT2D eigenvalue weighted by Gasteiger charge is -2.21. The third-order valence-electron chi connectivity index (χ3n) is 16.6. The van der Waals surface area contributed by atoms with Gasteiger partial charge in [0.2, 0.25) is 0 Å². The molecular weight excluding hydrogens is 1310 g/mol. The Kier molecular flexibility index (Phi) is 72.6. The van der Waals surface area contributed by atoms with Crippen LogP contribution in [0.4, 0.5) is 0 Å². The van der Waals surface area contributed by atoms with Gasteiger partial charge in [-0.25, -0.2) is 9.13 Å². The number of rotatable bonds is 75. The van der Waals surface area contributed by atoms with Crippen LogP contribution in [0.2, 0.25) is 0 Å².